The smallest absolute Gasteiger partial charge is 0.127 e. The molecule has 0 bridgehead atoms. The van der Waals surface area contributed by atoms with E-state index >= 15 is 0 Å². The van der Waals surface area contributed by atoms with Crippen molar-refractivity contribution in [2.45, 2.75) is 45.1 Å². The van der Waals surface area contributed by atoms with Gasteiger partial charge in [0.1, 0.15) is 5.82 Å². The highest BCUT2D eigenvalue weighted by Gasteiger charge is 2.29. The van der Waals surface area contributed by atoms with Crippen LogP contribution in [0.1, 0.15) is 38.2 Å². The summed E-state index contributed by atoms with van der Waals surface area (Å²) in [5, 5.41) is 3.40. The highest BCUT2D eigenvalue weighted by Crippen LogP contribution is 2.36. The quantitative estimate of drug-likeness (QED) is 0.836. The number of benzene rings is 1. The second-order valence-corrected chi connectivity index (χ2v) is 6.60. The number of nitrogens with one attached hydrogen (secondary N) is 1. The van der Waals surface area contributed by atoms with Crippen LogP contribution in [0.25, 0.3) is 0 Å². The van der Waals surface area contributed by atoms with Gasteiger partial charge in [0.2, 0.25) is 0 Å². The number of likely N-dealkylation sites (N-methyl/N-ethyl adjacent to an activating group) is 1. The monoisotopic (exact) mass is 327 g/mol. The molecule has 2 rings (SSSR count). The fourth-order valence-electron chi connectivity index (χ4n) is 3.28. The fraction of sp³-hybridized carbons (Fsp3) is 0.625. The van der Waals surface area contributed by atoms with Gasteiger partial charge in [-0.3, -0.25) is 0 Å². The zero-order valence-corrected chi connectivity index (χ0v) is 13.3. The van der Waals surface area contributed by atoms with E-state index < -0.39 is 0 Å². The predicted octanol–water partition coefficient (Wildman–Crippen LogP) is 4.55. The van der Waals surface area contributed by atoms with E-state index in [1.54, 1.807) is 6.07 Å². The van der Waals surface area contributed by atoms with Gasteiger partial charge in [-0.05, 0) is 55.8 Å². The van der Waals surface area contributed by atoms with Crippen LogP contribution in [0.2, 0.25) is 0 Å². The highest BCUT2D eigenvalue weighted by molar-refractivity contribution is 9.10. The molecule has 1 nitrogen and oxygen atoms in total. The number of hydrogen-bond donors (Lipinski definition) is 1. The molecule has 0 saturated heterocycles. The third-order valence-corrected chi connectivity index (χ3v) is 5.05. The minimum absolute atomic E-state index is 0.0975. The number of halogens is 2. The van der Waals surface area contributed by atoms with Crippen LogP contribution in [0.3, 0.4) is 0 Å². The van der Waals surface area contributed by atoms with Gasteiger partial charge in [-0.2, -0.15) is 0 Å². The van der Waals surface area contributed by atoms with Crippen molar-refractivity contribution < 1.29 is 4.39 Å². The van der Waals surface area contributed by atoms with Crippen molar-refractivity contribution in [3.05, 3.63) is 34.1 Å². The fourth-order valence-corrected chi connectivity index (χ4v) is 3.61. The second-order valence-electron chi connectivity index (χ2n) is 5.68. The molecule has 3 atom stereocenters. The van der Waals surface area contributed by atoms with Crippen LogP contribution < -0.4 is 5.32 Å². The molecule has 0 aliphatic heterocycles. The van der Waals surface area contributed by atoms with E-state index in [4.69, 9.17) is 0 Å². The van der Waals surface area contributed by atoms with Crippen molar-refractivity contribution in [2.75, 3.05) is 7.05 Å². The first-order valence-electron chi connectivity index (χ1n) is 7.25. The molecule has 3 unspecified atom stereocenters. The molecular formula is C16H23BrFN. The van der Waals surface area contributed by atoms with Crippen LogP contribution in [-0.4, -0.2) is 13.1 Å². The van der Waals surface area contributed by atoms with E-state index in [-0.39, 0.29) is 5.82 Å². The third kappa shape index (κ3) is 3.79. The van der Waals surface area contributed by atoms with Crippen LogP contribution in [0.15, 0.2) is 22.7 Å². The van der Waals surface area contributed by atoms with Crippen LogP contribution in [0.5, 0.6) is 0 Å². The Morgan fingerprint density at radius 3 is 2.79 bits per heavy atom. The van der Waals surface area contributed by atoms with Gasteiger partial charge in [-0.1, -0.05) is 41.8 Å². The molecule has 1 N–H and O–H groups in total. The summed E-state index contributed by atoms with van der Waals surface area (Å²) < 4.78 is 14.7. The minimum Gasteiger partial charge on any atom is -0.316 e. The molecule has 1 aromatic rings. The zero-order valence-electron chi connectivity index (χ0n) is 11.8. The van der Waals surface area contributed by atoms with Gasteiger partial charge in [0, 0.05) is 10.5 Å². The van der Waals surface area contributed by atoms with Gasteiger partial charge in [-0.15, -0.1) is 0 Å². The van der Waals surface area contributed by atoms with E-state index in [9.17, 15) is 4.39 Å². The lowest BCUT2D eigenvalue weighted by atomic mass is 9.91. The van der Waals surface area contributed by atoms with Crippen molar-refractivity contribution in [1.82, 2.24) is 5.32 Å². The lowest BCUT2D eigenvalue weighted by molar-refractivity contribution is 0.358. The summed E-state index contributed by atoms with van der Waals surface area (Å²) in [4.78, 5) is 0. The summed E-state index contributed by atoms with van der Waals surface area (Å²) in [6.07, 6.45) is 5.97. The maximum Gasteiger partial charge on any atom is 0.127 e. The Morgan fingerprint density at radius 2 is 2.21 bits per heavy atom. The van der Waals surface area contributed by atoms with Crippen molar-refractivity contribution in [2.24, 2.45) is 11.8 Å². The second kappa shape index (κ2) is 6.85. The van der Waals surface area contributed by atoms with Gasteiger partial charge < -0.3 is 5.32 Å². The van der Waals surface area contributed by atoms with Gasteiger partial charge in [-0.25, -0.2) is 4.39 Å². The van der Waals surface area contributed by atoms with E-state index in [0.717, 1.165) is 22.4 Å². The maximum absolute atomic E-state index is 13.9. The lowest BCUT2D eigenvalue weighted by Crippen LogP contribution is -2.34. The van der Waals surface area contributed by atoms with Crippen molar-refractivity contribution >= 4 is 15.9 Å². The van der Waals surface area contributed by atoms with Gasteiger partial charge in [0.05, 0.1) is 0 Å². The largest absolute Gasteiger partial charge is 0.316 e. The zero-order chi connectivity index (χ0) is 13.8. The number of hydrogen-bond acceptors (Lipinski definition) is 1. The summed E-state index contributed by atoms with van der Waals surface area (Å²) in [5.74, 6) is 1.47. The molecule has 1 aliphatic carbocycles. The molecule has 106 valence electrons. The minimum atomic E-state index is -0.0975. The Kier molecular flexibility index (Phi) is 5.40. The van der Waals surface area contributed by atoms with Gasteiger partial charge >= 0.3 is 0 Å². The standard InChI is InChI=1S/C16H23BrFN/c1-3-11-4-5-13(8-11)16(19-2)9-12-6-7-14(17)10-15(12)18/h6-7,10-11,13,16,19H,3-5,8-9H2,1-2H3. The van der Waals surface area contributed by atoms with Crippen LogP contribution in [0, 0.1) is 17.7 Å². The van der Waals surface area contributed by atoms with E-state index in [1.165, 1.54) is 25.7 Å². The first-order chi connectivity index (χ1) is 9.13. The summed E-state index contributed by atoms with van der Waals surface area (Å²) in [6, 6.07) is 5.78. The highest BCUT2D eigenvalue weighted by atomic mass is 79.9. The Morgan fingerprint density at radius 1 is 1.42 bits per heavy atom. The molecule has 1 fully saturated rings. The van der Waals surface area contributed by atoms with Crippen LogP contribution >= 0.6 is 15.9 Å². The van der Waals surface area contributed by atoms with Crippen molar-refractivity contribution in [3.63, 3.8) is 0 Å². The normalized spacial score (nSPS) is 24.6. The molecule has 0 radical (unpaired) electrons. The first-order valence-corrected chi connectivity index (χ1v) is 8.04. The molecule has 1 saturated carbocycles. The van der Waals surface area contributed by atoms with Crippen LogP contribution in [-0.2, 0) is 6.42 Å². The van der Waals surface area contributed by atoms with Crippen molar-refractivity contribution in [3.8, 4) is 0 Å². The first kappa shape index (κ1) is 15.0. The Labute approximate surface area is 124 Å². The summed E-state index contributed by atoms with van der Waals surface area (Å²) in [5.41, 5.74) is 0.822. The van der Waals surface area contributed by atoms with E-state index in [2.05, 4.69) is 28.2 Å². The molecule has 1 aromatic carbocycles. The number of rotatable bonds is 5. The Hall–Kier alpha value is -0.410. The summed E-state index contributed by atoms with van der Waals surface area (Å²) in [6.45, 7) is 2.27. The lowest BCUT2D eigenvalue weighted by Gasteiger charge is -2.23. The SMILES string of the molecule is CCC1CCC(C(Cc2ccc(Br)cc2F)NC)C1. The predicted molar refractivity (Wildman–Crippen MR) is 81.8 cm³/mol. The molecule has 0 spiro atoms. The topological polar surface area (TPSA) is 12.0 Å². The average Bonchev–Trinajstić information content (AvgIpc) is 2.86. The molecule has 1 aliphatic rings. The third-order valence-electron chi connectivity index (χ3n) is 4.55. The van der Waals surface area contributed by atoms with Gasteiger partial charge in [0.25, 0.3) is 0 Å². The maximum atomic E-state index is 13.9. The molecule has 0 heterocycles. The average molecular weight is 328 g/mol. The Balaban J connectivity index is 2.03. The summed E-state index contributed by atoms with van der Waals surface area (Å²) >= 11 is 3.31. The summed E-state index contributed by atoms with van der Waals surface area (Å²) in [7, 11) is 2.00. The molecular weight excluding hydrogens is 305 g/mol. The van der Waals surface area contributed by atoms with Crippen molar-refractivity contribution in [1.29, 1.82) is 0 Å². The molecule has 0 aromatic heterocycles. The van der Waals surface area contributed by atoms with E-state index in [0.29, 0.717) is 12.0 Å². The van der Waals surface area contributed by atoms with Gasteiger partial charge in [0.15, 0.2) is 0 Å². The molecule has 0 amide bonds. The van der Waals surface area contributed by atoms with Crippen LogP contribution in [0.4, 0.5) is 4.39 Å². The molecule has 19 heavy (non-hydrogen) atoms. The van der Waals surface area contributed by atoms with E-state index in [1.807, 2.05) is 19.2 Å². The Bertz CT molecular complexity index is 421. The molecule has 3 heteroatoms.